The van der Waals surface area contributed by atoms with Crippen LogP contribution in [0.1, 0.15) is 25.8 Å². The van der Waals surface area contributed by atoms with Gasteiger partial charge in [0.05, 0.1) is 26.7 Å². The molecule has 0 aromatic heterocycles. The summed E-state index contributed by atoms with van der Waals surface area (Å²) < 4.78 is 28.6. The van der Waals surface area contributed by atoms with Crippen molar-refractivity contribution in [3.63, 3.8) is 0 Å². The van der Waals surface area contributed by atoms with Crippen molar-refractivity contribution in [1.82, 2.24) is 5.32 Å². The van der Waals surface area contributed by atoms with E-state index >= 15 is 0 Å². The van der Waals surface area contributed by atoms with Gasteiger partial charge < -0.3 is 19.5 Å². The number of carbonyl (C=O) groups is 3. The second-order valence-corrected chi connectivity index (χ2v) is 6.65. The zero-order valence-electron chi connectivity index (χ0n) is 17.8. The fraction of sp³-hybridized carbons (Fsp3) is 0.348. The third-order valence-corrected chi connectivity index (χ3v) is 4.42. The molecule has 0 aliphatic heterocycles. The molecule has 0 saturated carbocycles. The van der Waals surface area contributed by atoms with Gasteiger partial charge in [-0.2, -0.15) is 0 Å². The Bertz CT molecular complexity index is 913. The monoisotopic (exact) mass is 431 g/mol. The van der Waals surface area contributed by atoms with Crippen molar-refractivity contribution in [2.24, 2.45) is 0 Å². The van der Waals surface area contributed by atoms with Crippen LogP contribution in [-0.2, 0) is 30.3 Å². The van der Waals surface area contributed by atoms with E-state index in [4.69, 9.17) is 14.2 Å². The predicted octanol–water partition coefficient (Wildman–Crippen LogP) is 3.04. The summed E-state index contributed by atoms with van der Waals surface area (Å²) in [6, 6.07) is 10.8. The van der Waals surface area contributed by atoms with Gasteiger partial charge in [0.15, 0.2) is 0 Å². The van der Waals surface area contributed by atoms with Crippen LogP contribution in [-0.4, -0.2) is 44.2 Å². The molecule has 31 heavy (non-hydrogen) atoms. The van der Waals surface area contributed by atoms with E-state index in [0.717, 1.165) is 11.1 Å². The third-order valence-electron chi connectivity index (χ3n) is 4.42. The van der Waals surface area contributed by atoms with Crippen LogP contribution >= 0.6 is 0 Å². The number of methoxy groups -OCH3 is 1. The molecule has 0 bridgehead atoms. The van der Waals surface area contributed by atoms with Crippen LogP contribution in [0.25, 0.3) is 11.1 Å². The van der Waals surface area contributed by atoms with E-state index < -0.39 is 23.9 Å². The average Bonchev–Trinajstić information content (AvgIpc) is 2.74. The Kier molecular flexibility index (Phi) is 8.99. The number of ether oxygens (including phenoxy) is 3. The summed E-state index contributed by atoms with van der Waals surface area (Å²) in [7, 11) is 1.51. The molecule has 2 rings (SSSR count). The molecular formula is C23H26FNO6. The first kappa shape index (κ1) is 23.9. The van der Waals surface area contributed by atoms with E-state index in [1.54, 1.807) is 44.2 Å². The zero-order chi connectivity index (χ0) is 22.8. The molecular weight excluding hydrogens is 405 g/mol. The maximum Gasteiger partial charge on any atom is 0.396 e. The molecule has 0 aliphatic rings. The topological polar surface area (TPSA) is 90.9 Å². The zero-order valence-corrected chi connectivity index (χ0v) is 17.8. The van der Waals surface area contributed by atoms with E-state index in [0.29, 0.717) is 11.3 Å². The van der Waals surface area contributed by atoms with Crippen molar-refractivity contribution in [2.75, 3.05) is 20.3 Å². The molecule has 7 nitrogen and oxygen atoms in total. The van der Waals surface area contributed by atoms with Gasteiger partial charge in [0.2, 0.25) is 0 Å². The Morgan fingerprint density at radius 1 is 1.00 bits per heavy atom. The SMILES string of the molecule is CCOC(=O)C[C@@H](Cc1ccc(-c2cc(F)ccc2OC)cc1)NC(=O)C(=O)OCC. The lowest BCUT2D eigenvalue weighted by atomic mass is 9.98. The first-order valence-electron chi connectivity index (χ1n) is 9.94. The minimum atomic E-state index is -1.01. The van der Waals surface area contributed by atoms with Crippen LogP contribution in [0.5, 0.6) is 5.75 Å². The van der Waals surface area contributed by atoms with Gasteiger partial charge in [0.1, 0.15) is 11.6 Å². The standard InChI is InChI=1S/C23H26FNO6/c1-4-30-21(26)14-18(25-22(27)23(28)31-5-2)12-15-6-8-16(9-7-15)19-13-17(24)10-11-20(19)29-3/h6-11,13,18H,4-5,12,14H2,1-3H3,(H,25,27)/t18-/m1/s1. The predicted molar refractivity (Wildman–Crippen MR) is 112 cm³/mol. The average molecular weight is 431 g/mol. The molecule has 0 heterocycles. The van der Waals surface area contributed by atoms with Crippen molar-refractivity contribution >= 4 is 17.8 Å². The Balaban J connectivity index is 2.18. The van der Waals surface area contributed by atoms with E-state index in [1.807, 2.05) is 0 Å². The van der Waals surface area contributed by atoms with Crippen LogP contribution in [0.2, 0.25) is 0 Å². The molecule has 2 aromatic rings. The van der Waals surface area contributed by atoms with Gasteiger partial charge in [-0.3, -0.25) is 9.59 Å². The Morgan fingerprint density at radius 2 is 1.68 bits per heavy atom. The number of hydrogen-bond acceptors (Lipinski definition) is 6. The highest BCUT2D eigenvalue weighted by atomic mass is 19.1. The van der Waals surface area contributed by atoms with Crippen LogP contribution in [0, 0.1) is 5.82 Å². The Labute approximate surface area is 180 Å². The maximum absolute atomic E-state index is 13.7. The first-order valence-corrected chi connectivity index (χ1v) is 9.94. The summed E-state index contributed by atoms with van der Waals surface area (Å²) in [6.07, 6.45) is 0.184. The number of rotatable bonds is 9. The molecule has 8 heteroatoms. The lowest BCUT2D eigenvalue weighted by molar-refractivity contribution is -0.155. The highest BCUT2D eigenvalue weighted by molar-refractivity contribution is 6.32. The number of hydrogen-bond donors (Lipinski definition) is 1. The van der Waals surface area contributed by atoms with E-state index in [2.05, 4.69) is 5.32 Å². The first-order chi connectivity index (χ1) is 14.9. The van der Waals surface area contributed by atoms with Gasteiger partial charge >= 0.3 is 17.8 Å². The van der Waals surface area contributed by atoms with Gasteiger partial charge in [0, 0.05) is 11.6 Å². The summed E-state index contributed by atoms with van der Waals surface area (Å²) in [5.41, 5.74) is 2.16. The summed E-state index contributed by atoms with van der Waals surface area (Å²) in [6.45, 7) is 3.56. The van der Waals surface area contributed by atoms with Crippen molar-refractivity contribution in [3.05, 3.63) is 53.8 Å². The lowest BCUT2D eigenvalue weighted by Gasteiger charge is -2.18. The number of amides is 1. The van der Waals surface area contributed by atoms with Crippen molar-refractivity contribution in [2.45, 2.75) is 32.7 Å². The van der Waals surface area contributed by atoms with Gasteiger partial charge in [-0.25, -0.2) is 9.18 Å². The molecule has 0 spiro atoms. The summed E-state index contributed by atoms with van der Waals surface area (Å²) in [5.74, 6) is -2.26. The molecule has 2 aromatic carbocycles. The van der Waals surface area contributed by atoms with Crippen molar-refractivity contribution in [3.8, 4) is 16.9 Å². The summed E-state index contributed by atoms with van der Waals surface area (Å²) in [5, 5.41) is 2.53. The minimum absolute atomic E-state index is 0.0692. The van der Waals surface area contributed by atoms with E-state index in [1.165, 1.54) is 19.2 Å². The summed E-state index contributed by atoms with van der Waals surface area (Å²) in [4.78, 5) is 35.6. The molecule has 0 fully saturated rings. The number of halogens is 1. The Morgan fingerprint density at radius 3 is 2.29 bits per heavy atom. The van der Waals surface area contributed by atoms with Crippen LogP contribution in [0.15, 0.2) is 42.5 Å². The third kappa shape index (κ3) is 7.09. The number of benzene rings is 2. The molecule has 1 atom stereocenters. The minimum Gasteiger partial charge on any atom is -0.496 e. The lowest BCUT2D eigenvalue weighted by Crippen LogP contribution is -2.42. The molecule has 1 amide bonds. The van der Waals surface area contributed by atoms with Gasteiger partial charge in [-0.15, -0.1) is 0 Å². The molecule has 0 saturated heterocycles. The van der Waals surface area contributed by atoms with Gasteiger partial charge in [0.25, 0.3) is 0 Å². The fourth-order valence-corrected chi connectivity index (χ4v) is 3.05. The van der Waals surface area contributed by atoms with E-state index in [-0.39, 0.29) is 31.9 Å². The number of esters is 2. The fourth-order valence-electron chi connectivity index (χ4n) is 3.05. The molecule has 0 aliphatic carbocycles. The smallest absolute Gasteiger partial charge is 0.396 e. The molecule has 1 N–H and O–H groups in total. The molecule has 166 valence electrons. The maximum atomic E-state index is 13.7. The van der Waals surface area contributed by atoms with Crippen molar-refractivity contribution in [1.29, 1.82) is 0 Å². The normalized spacial score (nSPS) is 11.4. The second kappa shape index (κ2) is 11.7. The molecule has 0 radical (unpaired) electrons. The van der Waals surface area contributed by atoms with Gasteiger partial charge in [-0.05, 0) is 49.6 Å². The largest absolute Gasteiger partial charge is 0.496 e. The number of nitrogens with one attached hydrogen (secondary N) is 1. The second-order valence-electron chi connectivity index (χ2n) is 6.65. The highest BCUT2D eigenvalue weighted by Crippen LogP contribution is 2.30. The van der Waals surface area contributed by atoms with Gasteiger partial charge in [-0.1, -0.05) is 24.3 Å². The van der Waals surface area contributed by atoms with Crippen LogP contribution in [0.4, 0.5) is 4.39 Å². The van der Waals surface area contributed by atoms with Crippen LogP contribution < -0.4 is 10.1 Å². The van der Waals surface area contributed by atoms with Crippen molar-refractivity contribution < 1.29 is 33.0 Å². The molecule has 0 unspecified atom stereocenters. The number of carbonyl (C=O) groups excluding carboxylic acids is 3. The quantitative estimate of drug-likeness (QED) is 0.485. The summed E-state index contributed by atoms with van der Waals surface area (Å²) >= 11 is 0. The highest BCUT2D eigenvalue weighted by Gasteiger charge is 2.23. The van der Waals surface area contributed by atoms with Crippen LogP contribution in [0.3, 0.4) is 0 Å². The Hall–Kier alpha value is -3.42. The van der Waals surface area contributed by atoms with E-state index in [9.17, 15) is 18.8 Å².